The number of Topliss-reactive ketones (excluding diaryl/α,β-unsaturated/α-hetero) is 2. The molecule has 0 fully saturated rings. The smallest absolute Gasteiger partial charge is 0.162 e. The van der Waals surface area contributed by atoms with E-state index in [1.807, 2.05) is 38.1 Å². The van der Waals surface area contributed by atoms with Crippen LogP contribution in [-0.2, 0) is 11.2 Å². The summed E-state index contributed by atoms with van der Waals surface area (Å²) in [5, 5.41) is 0. The van der Waals surface area contributed by atoms with Crippen LogP contribution in [0.2, 0.25) is 0 Å². The molecule has 0 spiro atoms. The van der Waals surface area contributed by atoms with E-state index in [2.05, 4.69) is 0 Å². The van der Waals surface area contributed by atoms with E-state index < -0.39 is 0 Å². The third-order valence-corrected chi connectivity index (χ3v) is 2.81. The maximum absolute atomic E-state index is 11.7. The summed E-state index contributed by atoms with van der Waals surface area (Å²) in [7, 11) is 0. The van der Waals surface area contributed by atoms with Crippen molar-refractivity contribution in [1.82, 2.24) is 0 Å². The maximum Gasteiger partial charge on any atom is 0.162 e. The molecule has 1 aromatic carbocycles. The summed E-state index contributed by atoms with van der Waals surface area (Å²) in [6, 6.07) is 7.64. The van der Waals surface area contributed by atoms with Crippen LogP contribution in [0.15, 0.2) is 24.3 Å². The van der Waals surface area contributed by atoms with Crippen molar-refractivity contribution in [3.63, 3.8) is 0 Å². The predicted molar refractivity (Wildman–Crippen MR) is 69.3 cm³/mol. The normalized spacial score (nSPS) is 10.2. The molecule has 0 aliphatic rings. The number of hydrogen-bond acceptors (Lipinski definition) is 2. The van der Waals surface area contributed by atoms with Gasteiger partial charge in [0.25, 0.3) is 0 Å². The molecule has 0 heterocycles. The van der Waals surface area contributed by atoms with E-state index in [1.54, 1.807) is 0 Å². The van der Waals surface area contributed by atoms with Gasteiger partial charge in [0.1, 0.15) is 5.78 Å². The highest BCUT2D eigenvalue weighted by Gasteiger charge is 2.06. The highest BCUT2D eigenvalue weighted by atomic mass is 16.1. The van der Waals surface area contributed by atoms with Gasteiger partial charge in [0.2, 0.25) is 0 Å². The second-order valence-electron chi connectivity index (χ2n) is 4.27. The summed E-state index contributed by atoms with van der Waals surface area (Å²) in [5.74, 6) is 0.464. The first-order valence-corrected chi connectivity index (χ1v) is 6.31. The number of hydrogen-bond donors (Lipinski definition) is 0. The quantitative estimate of drug-likeness (QED) is 0.673. The molecule has 0 unspecified atom stereocenters. The average Bonchev–Trinajstić information content (AvgIpc) is 2.36. The molecule has 0 N–H and O–H groups in total. The molecule has 0 saturated heterocycles. The molecular weight excluding hydrogens is 212 g/mol. The second kappa shape index (κ2) is 7.00. The molecule has 0 aliphatic carbocycles. The molecule has 92 valence electrons. The van der Waals surface area contributed by atoms with Crippen LogP contribution in [-0.4, -0.2) is 11.6 Å². The van der Waals surface area contributed by atoms with E-state index in [9.17, 15) is 9.59 Å². The van der Waals surface area contributed by atoms with Crippen LogP contribution in [0, 0.1) is 0 Å². The lowest BCUT2D eigenvalue weighted by Gasteiger charge is -2.03. The zero-order chi connectivity index (χ0) is 12.7. The van der Waals surface area contributed by atoms with E-state index in [1.165, 1.54) is 0 Å². The molecule has 0 atom stereocenters. The molecule has 2 heteroatoms. The number of rotatable bonds is 7. The van der Waals surface area contributed by atoms with Gasteiger partial charge < -0.3 is 0 Å². The second-order valence-corrected chi connectivity index (χ2v) is 4.27. The summed E-state index contributed by atoms with van der Waals surface area (Å²) in [6.07, 6.45) is 3.37. The lowest BCUT2D eigenvalue weighted by atomic mass is 10.0. The Balaban J connectivity index is 2.65. The Labute approximate surface area is 103 Å². The standard InChI is InChI=1S/C15H20O2/c1-3-6-15(17)13-8-5-7-12(11-13)9-10-14(16)4-2/h5,7-8,11H,3-4,6,9-10H2,1-2H3. The van der Waals surface area contributed by atoms with Gasteiger partial charge in [-0.3, -0.25) is 9.59 Å². The molecule has 1 aromatic rings. The first-order valence-electron chi connectivity index (χ1n) is 6.31. The number of ketones is 2. The zero-order valence-corrected chi connectivity index (χ0v) is 10.7. The highest BCUT2D eigenvalue weighted by Crippen LogP contribution is 2.11. The van der Waals surface area contributed by atoms with Gasteiger partial charge in [-0.2, -0.15) is 0 Å². The van der Waals surface area contributed by atoms with Crippen LogP contribution in [0.1, 0.15) is 55.5 Å². The Kier molecular flexibility index (Phi) is 5.61. The Morgan fingerprint density at radius 1 is 1.12 bits per heavy atom. The summed E-state index contributed by atoms with van der Waals surface area (Å²) >= 11 is 0. The Morgan fingerprint density at radius 3 is 2.53 bits per heavy atom. The maximum atomic E-state index is 11.7. The van der Waals surface area contributed by atoms with E-state index in [4.69, 9.17) is 0 Å². The van der Waals surface area contributed by atoms with Gasteiger partial charge in [0.05, 0.1) is 0 Å². The van der Waals surface area contributed by atoms with Gasteiger partial charge in [-0.15, -0.1) is 0 Å². The van der Waals surface area contributed by atoms with Crippen LogP contribution in [0.3, 0.4) is 0 Å². The minimum atomic E-state index is 0.191. The molecule has 1 rings (SSSR count). The number of aryl methyl sites for hydroxylation is 1. The Hall–Kier alpha value is -1.44. The van der Waals surface area contributed by atoms with Crippen molar-refractivity contribution in [2.24, 2.45) is 0 Å². The SMILES string of the molecule is CCCC(=O)c1cccc(CCC(=O)CC)c1. The molecule has 0 bridgehead atoms. The molecular formula is C15H20O2. The summed E-state index contributed by atoms with van der Waals surface area (Å²) in [4.78, 5) is 23.0. The van der Waals surface area contributed by atoms with Gasteiger partial charge in [-0.05, 0) is 24.5 Å². The third kappa shape index (κ3) is 4.51. The van der Waals surface area contributed by atoms with Crippen LogP contribution < -0.4 is 0 Å². The van der Waals surface area contributed by atoms with Crippen molar-refractivity contribution >= 4 is 11.6 Å². The van der Waals surface area contributed by atoms with Crippen LogP contribution in [0.4, 0.5) is 0 Å². The van der Waals surface area contributed by atoms with Gasteiger partial charge in [0, 0.05) is 24.8 Å². The van der Waals surface area contributed by atoms with Crippen molar-refractivity contribution < 1.29 is 9.59 Å². The van der Waals surface area contributed by atoms with Gasteiger partial charge >= 0.3 is 0 Å². The van der Waals surface area contributed by atoms with Crippen LogP contribution in [0.25, 0.3) is 0 Å². The van der Waals surface area contributed by atoms with E-state index in [0.29, 0.717) is 19.3 Å². The minimum absolute atomic E-state index is 0.191. The fraction of sp³-hybridized carbons (Fsp3) is 0.467. The Bertz CT molecular complexity index is 394. The summed E-state index contributed by atoms with van der Waals surface area (Å²) in [6.45, 7) is 3.88. The summed E-state index contributed by atoms with van der Waals surface area (Å²) in [5.41, 5.74) is 1.85. The fourth-order valence-corrected chi connectivity index (χ4v) is 1.73. The van der Waals surface area contributed by atoms with E-state index in [0.717, 1.165) is 24.0 Å². The number of carbonyl (C=O) groups is 2. The van der Waals surface area contributed by atoms with E-state index >= 15 is 0 Å². The van der Waals surface area contributed by atoms with Crippen molar-refractivity contribution in [3.8, 4) is 0 Å². The van der Waals surface area contributed by atoms with Crippen LogP contribution in [0.5, 0.6) is 0 Å². The highest BCUT2D eigenvalue weighted by molar-refractivity contribution is 5.96. The summed E-state index contributed by atoms with van der Waals surface area (Å²) < 4.78 is 0. The largest absolute Gasteiger partial charge is 0.300 e. The first kappa shape index (κ1) is 13.6. The number of carbonyl (C=O) groups excluding carboxylic acids is 2. The molecule has 0 aromatic heterocycles. The molecule has 0 saturated carbocycles. The lowest BCUT2D eigenvalue weighted by molar-refractivity contribution is -0.118. The predicted octanol–water partition coefficient (Wildman–Crippen LogP) is 3.58. The van der Waals surface area contributed by atoms with Crippen molar-refractivity contribution in [2.45, 2.75) is 46.0 Å². The first-order chi connectivity index (χ1) is 8.17. The molecule has 0 aliphatic heterocycles. The van der Waals surface area contributed by atoms with E-state index in [-0.39, 0.29) is 11.6 Å². The fourth-order valence-electron chi connectivity index (χ4n) is 1.73. The van der Waals surface area contributed by atoms with Gasteiger partial charge in [0.15, 0.2) is 5.78 Å². The zero-order valence-electron chi connectivity index (χ0n) is 10.7. The lowest BCUT2D eigenvalue weighted by Crippen LogP contribution is -2.01. The molecule has 2 nitrogen and oxygen atoms in total. The van der Waals surface area contributed by atoms with Crippen molar-refractivity contribution in [3.05, 3.63) is 35.4 Å². The molecule has 0 amide bonds. The number of benzene rings is 1. The minimum Gasteiger partial charge on any atom is -0.300 e. The molecule has 0 radical (unpaired) electrons. The van der Waals surface area contributed by atoms with Crippen molar-refractivity contribution in [2.75, 3.05) is 0 Å². The average molecular weight is 232 g/mol. The van der Waals surface area contributed by atoms with Crippen LogP contribution >= 0.6 is 0 Å². The Morgan fingerprint density at radius 2 is 1.88 bits per heavy atom. The van der Waals surface area contributed by atoms with Gasteiger partial charge in [-0.1, -0.05) is 32.0 Å². The third-order valence-electron chi connectivity index (χ3n) is 2.81. The monoisotopic (exact) mass is 232 g/mol. The topological polar surface area (TPSA) is 34.1 Å². The molecule has 17 heavy (non-hydrogen) atoms. The van der Waals surface area contributed by atoms with Gasteiger partial charge in [-0.25, -0.2) is 0 Å². The van der Waals surface area contributed by atoms with Crippen molar-refractivity contribution in [1.29, 1.82) is 0 Å².